The molecule has 3 rings (SSSR count). The summed E-state index contributed by atoms with van der Waals surface area (Å²) in [5.41, 5.74) is 0. The van der Waals surface area contributed by atoms with Gasteiger partial charge in [-0.25, -0.2) is 0 Å². The van der Waals surface area contributed by atoms with Crippen molar-refractivity contribution < 1.29 is 18.7 Å². The van der Waals surface area contributed by atoms with E-state index in [4.69, 9.17) is 13.9 Å². The van der Waals surface area contributed by atoms with Gasteiger partial charge in [0, 0.05) is 19.1 Å². The molecule has 0 amide bonds. The Morgan fingerprint density at radius 3 is 2.09 bits per heavy atom. The molecule has 1 heterocycles. The quantitative estimate of drug-likeness (QED) is 0.386. The first-order chi connectivity index (χ1) is 15.4. The van der Waals surface area contributed by atoms with Crippen molar-refractivity contribution in [2.45, 2.75) is 70.8 Å². The minimum atomic E-state index is -2.59. The largest absolute Gasteiger partial charge is 0.407 e. The van der Waals surface area contributed by atoms with Crippen molar-refractivity contribution in [3.63, 3.8) is 0 Å². The highest BCUT2D eigenvalue weighted by molar-refractivity contribution is 6.99. The Balaban J connectivity index is 1.85. The van der Waals surface area contributed by atoms with E-state index >= 15 is 0 Å². The highest BCUT2D eigenvalue weighted by Crippen LogP contribution is 2.37. The summed E-state index contributed by atoms with van der Waals surface area (Å²) >= 11 is 0. The lowest BCUT2D eigenvalue weighted by atomic mass is 10.0. The first-order valence-corrected chi connectivity index (χ1v) is 13.8. The van der Waals surface area contributed by atoms with Gasteiger partial charge in [-0.1, -0.05) is 88.4 Å². The molecule has 4 nitrogen and oxygen atoms in total. The van der Waals surface area contributed by atoms with E-state index in [-0.39, 0.29) is 23.4 Å². The molecule has 2 aromatic carbocycles. The number of benzene rings is 2. The van der Waals surface area contributed by atoms with Crippen molar-refractivity contribution in [2.75, 3.05) is 13.2 Å². The zero-order valence-corrected chi connectivity index (χ0v) is 21.0. The molecule has 0 spiro atoms. The van der Waals surface area contributed by atoms with Gasteiger partial charge in [-0.15, -0.1) is 0 Å². The van der Waals surface area contributed by atoms with Crippen LogP contribution in [0.2, 0.25) is 5.04 Å². The molecule has 2 aromatic rings. The van der Waals surface area contributed by atoms with E-state index in [1.807, 2.05) is 6.92 Å². The van der Waals surface area contributed by atoms with Gasteiger partial charge < -0.3 is 18.7 Å². The summed E-state index contributed by atoms with van der Waals surface area (Å²) in [5, 5.41) is 2.44. The summed E-state index contributed by atoms with van der Waals surface area (Å²) in [6.07, 6.45) is 4.27. The van der Waals surface area contributed by atoms with Crippen LogP contribution in [0, 0.1) is 5.92 Å². The van der Waals surface area contributed by atoms with Crippen molar-refractivity contribution in [2.24, 2.45) is 5.92 Å². The van der Waals surface area contributed by atoms with Crippen LogP contribution < -0.4 is 10.4 Å². The van der Waals surface area contributed by atoms with Crippen LogP contribution in [0.15, 0.2) is 60.7 Å². The van der Waals surface area contributed by atoms with E-state index in [2.05, 4.69) is 81.4 Å². The highest BCUT2D eigenvalue weighted by Gasteiger charge is 2.50. The lowest BCUT2D eigenvalue weighted by Gasteiger charge is -2.43. The molecule has 5 heteroatoms. The normalized spacial score (nSPS) is 19.3. The zero-order valence-electron chi connectivity index (χ0n) is 20.0. The fraction of sp³-hybridized carbons (Fsp3) is 0.519. The number of rotatable bonds is 10. The number of ether oxygens (including phenoxy) is 2. The monoisotopic (exact) mass is 454 g/mol. The Kier molecular flexibility index (Phi) is 8.83. The molecule has 1 aliphatic rings. The molecule has 174 valence electrons. The average molecular weight is 455 g/mol. The maximum Gasteiger partial charge on any atom is 0.261 e. The fourth-order valence-corrected chi connectivity index (χ4v) is 9.23. The maximum atomic E-state index is 11.6. The van der Waals surface area contributed by atoms with Gasteiger partial charge >= 0.3 is 0 Å². The number of aldehydes is 1. The predicted molar refractivity (Wildman–Crippen MR) is 132 cm³/mol. The van der Waals surface area contributed by atoms with Crippen LogP contribution >= 0.6 is 0 Å². The van der Waals surface area contributed by atoms with Gasteiger partial charge in [-0.2, -0.15) is 0 Å². The van der Waals surface area contributed by atoms with Crippen LogP contribution in [0.5, 0.6) is 0 Å². The van der Waals surface area contributed by atoms with Crippen LogP contribution in [0.3, 0.4) is 0 Å². The standard InChI is InChI=1S/C27H38O4Si/c1-22(21-28)25(31-26-17-11-12-19-29-26)18-20-30-32(27(2,3)4,23-13-7-5-8-14-23)24-15-9-6-10-16-24/h5-10,13-16,21-22,25-26H,11-12,17-20H2,1-4H3/t22-,25-,26?/m0/s1. The molecule has 0 N–H and O–H groups in total. The molecule has 1 saturated heterocycles. The third kappa shape index (κ3) is 5.76. The summed E-state index contributed by atoms with van der Waals surface area (Å²) in [5.74, 6) is -0.205. The van der Waals surface area contributed by atoms with E-state index < -0.39 is 8.32 Å². The molecule has 1 fully saturated rings. The van der Waals surface area contributed by atoms with Crippen molar-refractivity contribution in [3.05, 3.63) is 60.7 Å². The van der Waals surface area contributed by atoms with Crippen molar-refractivity contribution in [1.29, 1.82) is 0 Å². The summed E-state index contributed by atoms with van der Waals surface area (Å²) in [4.78, 5) is 11.6. The molecule has 1 unspecified atom stereocenters. The van der Waals surface area contributed by atoms with Crippen LogP contribution in [-0.4, -0.2) is 40.2 Å². The van der Waals surface area contributed by atoms with Crippen LogP contribution in [0.4, 0.5) is 0 Å². The smallest absolute Gasteiger partial charge is 0.261 e. The van der Waals surface area contributed by atoms with Gasteiger partial charge in [0.05, 0.1) is 6.10 Å². The van der Waals surface area contributed by atoms with E-state index in [9.17, 15) is 4.79 Å². The SMILES string of the molecule is C[C@@H](C=O)[C@H](CCO[Si](c1ccccc1)(c1ccccc1)C(C)(C)C)OC1CCCCO1. The Hall–Kier alpha value is -1.79. The minimum absolute atomic E-state index is 0.0746. The second-order valence-electron chi connectivity index (χ2n) is 9.77. The number of carbonyl (C=O) groups is 1. The van der Waals surface area contributed by atoms with Crippen molar-refractivity contribution in [3.8, 4) is 0 Å². The van der Waals surface area contributed by atoms with Gasteiger partial charge in [0.25, 0.3) is 8.32 Å². The zero-order chi connectivity index (χ0) is 23.0. The third-order valence-electron chi connectivity index (χ3n) is 6.40. The summed E-state index contributed by atoms with van der Waals surface area (Å²) in [6.45, 7) is 10.0. The fourth-order valence-electron chi connectivity index (χ4n) is 4.65. The maximum absolute atomic E-state index is 11.6. The Morgan fingerprint density at radius 2 is 1.62 bits per heavy atom. The number of carbonyl (C=O) groups excluding carboxylic acids is 1. The summed E-state index contributed by atoms with van der Waals surface area (Å²) in [7, 11) is -2.59. The first-order valence-electron chi connectivity index (χ1n) is 11.9. The molecular weight excluding hydrogens is 416 g/mol. The van der Waals surface area contributed by atoms with E-state index in [1.165, 1.54) is 10.4 Å². The van der Waals surface area contributed by atoms with Gasteiger partial charge in [-0.05, 0) is 41.1 Å². The van der Waals surface area contributed by atoms with E-state index in [0.29, 0.717) is 13.0 Å². The van der Waals surface area contributed by atoms with Crippen molar-refractivity contribution in [1.82, 2.24) is 0 Å². The predicted octanol–water partition coefficient (Wildman–Crippen LogP) is 4.70. The summed E-state index contributed by atoms with van der Waals surface area (Å²) < 4.78 is 19.0. The van der Waals surface area contributed by atoms with E-state index in [1.54, 1.807) is 0 Å². The molecule has 0 radical (unpaired) electrons. The number of hydrogen-bond donors (Lipinski definition) is 0. The van der Waals surface area contributed by atoms with Gasteiger partial charge in [0.1, 0.15) is 6.29 Å². The molecule has 32 heavy (non-hydrogen) atoms. The van der Waals surface area contributed by atoms with Crippen LogP contribution in [0.25, 0.3) is 0 Å². The molecule has 1 aliphatic heterocycles. The Bertz CT molecular complexity index is 773. The topological polar surface area (TPSA) is 44.8 Å². The lowest BCUT2D eigenvalue weighted by molar-refractivity contribution is -0.198. The molecule has 0 bridgehead atoms. The number of hydrogen-bond acceptors (Lipinski definition) is 4. The van der Waals surface area contributed by atoms with Crippen molar-refractivity contribution >= 4 is 25.0 Å². The van der Waals surface area contributed by atoms with Crippen LogP contribution in [-0.2, 0) is 18.7 Å². The second-order valence-corrected chi connectivity index (χ2v) is 14.1. The lowest BCUT2D eigenvalue weighted by Crippen LogP contribution is -2.66. The van der Waals surface area contributed by atoms with Crippen LogP contribution in [0.1, 0.15) is 53.4 Å². The van der Waals surface area contributed by atoms with Gasteiger partial charge in [-0.3, -0.25) is 0 Å². The molecule has 0 aromatic heterocycles. The molecular formula is C27H38O4Si. The minimum Gasteiger partial charge on any atom is -0.407 e. The molecule has 3 atom stereocenters. The third-order valence-corrected chi connectivity index (χ3v) is 11.4. The first kappa shape index (κ1) is 24.8. The average Bonchev–Trinajstić information content (AvgIpc) is 2.81. The van der Waals surface area contributed by atoms with E-state index in [0.717, 1.165) is 32.2 Å². The second kappa shape index (κ2) is 11.4. The Morgan fingerprint density at radius 1 is 1.03 bits per heavy atom. The molecule has 0 saturated carbocycles. The Labute approximate surface area is 194 Å². The highest BCUT2D eigenvalue weighted by atomic mass is 28.4. The van der Waals surface area contributed by atoms with Gasteiger partial charge in [0.2, 0.25) is 0 Å². The van der Waals surface area contributed by atoms with Gasteiger partial charge in [0.15, 0.2) is 6.29 Å². The summed E-state index contributed by atoms with van der Waals surface area (Å²) in [6, 6.07) is 21.3. The molecule has 0 aliphatic carbocycles.